The molecular formula is C13H17N3OS. The SMILES string of the molecule is Cc1ccc(-c2cc(CN3CCSCC3)[nH]n2)o1. The molecule has 0 atom stereocenters. The predicted octanol–water partition coefficient (Wildman–Crippen LogP) is 2.53. The maximum Gasteiger partial charge on any atom is 0.154 e. The molecule has 5 heteroatoms. The lowest BCUT2D eigenvalue weighted by molar-refractivity contribution is 0.291. The van der Waals surface area contributed by atoms with E-state index in [1.54, 1.807) is 0 Å². The van der Waals surface area contributed by atoms with Gasteiger partial charge in [-0.15, -0.1) is 0 Å². The fraction of sp³-hybridized carbons (Fsp3) is 0.462. The second-order valence-corrected chi connectivity index (χ2v) is 5.80. The molecule has 2 aromatic rings. The highest BCUT2D eigenvalue weighted by Crippen LogP contribution is 2.21. The van der Waals surface area contributed by atoms with Crippen LogP contribution in [0.3, 0.4) is 0 Å². The quantitative estimate of drug-likeness (QED) is 0.924. The first-order valence-corrected chi connectivity index (χ1v) is 7.38. The summed E-state index contributed by atoms with van der Waals surface area (Å²) in [5.41, 5.74) is 2.05. The van der Waals surface area contributed by atoms with Crippen molar-refractivity contribution in [1.29, 1.82) is 0 Å². The Kier molecular flexibility index (Phi) is 3.43. The van der Waals surface area contributed by atoms with Gasteiger partial charge in [-0.3, -0.25) is 10.00 Å². The molecule has 18 heavy (non-hydrogen) atoms. The molecule has 0 bridgehead atoms. The van der Waals surface area contributed by atoms with E-state index in [1.165, 1.54) is 24.6 Å². The van der Waals surface area contributed by atoms with E-state index in [1.807, 2.05) is 30.8 Å². The fourth-order valence-corrected chi connectivity index (χ4v) is 3.12. The van der Waals surface area contributed by atoms with Crippen LogP contribution in [-0.2, 0) is 6.54 Å². The van der Waals surface area contributed by atoms with Crippen molar-refractivity contribution in [2.24, 2.45) is 0 Å². The van der Waals surface area contributed by atoms with E-state index in [4.69, 9.17) is 4.42 Å². The van der Waals surface area contributed by atoms with E-state index >= 15 is 0 Å². The average molecular weight is 263 g/mol. The summed E-state index contributed by atoms with van der Waals surface area (Å²) in [5, 5.41) is 7.42. The van der Waals surface area contributed by atoms with Gasteiger partial charge in [0.2, 0.25) is 0 Å². The van der Waals surface area contributed by atoms with Gasteiger partial charge in [-0.05, 0) is 25.1 Å². The van der Waals surface area contributed by atoms with Crippen molar-refractivity contribution in [3.05, 3.63) is 29.7 Å². The minimum absolute atomic E-state index is 0.837. The number of nitrogens with one attached hydrogen (secondary N) is 1. The summed E-state index contributed by atoms with van der Waals surface area (Å²) < 4.78 is 5.57. The summed E-state index contributed by atoms with van der Waals surface area (Å²) in [6, 6.07) is 6.01. The first-order chi connectivity index (χ1) is 8.81. The molecule has 1 saturated heterocycles. The monoisotopic (exact) mass is 263 g/mol. The van der Waals surface area contributed by atoms with E-state index in [-0.39, 0.29) is 0 Å². The Morgan fingerprint density at radius 2 is 2.22 bits per heavy atom. The van der Waals surface area contributed by atoms with Gasteiger partial charge in [0.1, 0.15) is 11.5 Å². The smallest absolute Gasteiger partial charge is 0.154 e. The average Bonchev–Trinajstić information content (AvgIpc) is 2.99. The van der Waals surface area contributed by atoms with Crippen LogP contribution in [0.5, 0.6) is 0 Å². The summed E-state index contributed by atoms with van der Waals surface area (Å²) in [7, 11) is 0. The van der Waals surface area contributed by atoms with Gasteiger partial charge < -0.3 is 4.42 Å². The van der Waals surface area contributed by atoms with Crippen molar-refractivity contribution in [3.8, 4) is 11.5 Å². The van der Waals surface area contributed by atoms with E-state index in [9.17, 15) is 0 Å². The molecule has 0 amide bonds. The number of aromatic amines is 1. The van der Waals surface area contributed by atoms with Crippen LogP contribution in [0.1, 0.15) is 11.5 Å². The summed E-state index contributed by atoms with van der Waals surface area (Å²) >= 11 is 2.03. The van der Waals surface area contributed by atoms with Crippen LogP contribution < -0.4 is 0 Å². The molecule has 1 aliphatic heterocycles. The van der Waals surface area contributed by atoms with Gasteiger partial charge in [-0.25, -0.2) is 0 Å². The molecule has 4 nitrogen and oxygen atoms in total. The van der Waals surface area contributed by atoms with Gasteiger partial charge in [-0.2, -0.15) is 16.9 Å². The summed E-state index contributed by atoms with van der Waals surface area (Å²) in [4.78, 5) is 2.46. The third-order valence-electron chi connectivity index (χ3n) is 3.12. The zero-order chi connectivity index (χ0) is 12.4. The maximum atomic E-state index is 5.57. The number of hydrogen-bond donors (Lipinski definition) is 1. The van der Waals surface area contributed by atoms with Crippen molar-refractivity contribution in [2.75, 3.05) is 24.6 Å². The van der Waals surface area contributed by atoms with Crippen molar-refractivity contribution in [3.63, 3.8) is 0 Å². The number of H-pyrrole nitrogens is 1. The molecule has 0 aromatic carbocycles. The van der Waals surface area contributed by atoms with Crippen LogP contribution in [0.2, 0.25) is 0 Å². The Balaban J connectivity index is 1.69. The fourth-order valence-electron chi connectivity index (χ4n) is 2.14. The number of nitrogens with zero attached hydrogens (tertiary/aromatic N) is 2. The van der Waals surface area contributed by atoms with E-state index in [0.717, 1.165) is 29.5 Å². The molecule has 3 heterocycles. The maximum absolute atomic E-state index is 5.57. The van der Waals surface area contributed by atoms with Gasteiger partial charge in [0.25, 0.3) is 0 Å². The second kappa shape index (κ2) is 5.20. The summed E-state index contributed by atoms with van der Waals surface area (Å²) in [6.45, 7) is 5.23. The molecule has 96 valence electrons. The molecule has 1 N–H and O–H groups in total. The Morgan fingerprint density at radius 3 is 2.94 bits per heavy atom. The Labute approximate surface area is 111 Å². The first-order valence-electron chi connectivity index (χ1n) is 6.22. The highest BCUT2D eigenvalue weighted by molar-refractivity contribution is 7.99. The van der Waals surface area contributed by atoms with Crippen LogP contribution in [0, 0.1) is 6.92 Å². The number of aromatic nitrogens is 2. The van der Waals surface area contributed by atoms with E-state index < -0.39 is 0 Å². The van der Waals surface area contributed by atoms with Crippen LogP contribution in [-0.4, -0.2) is 39.7 Å². The highest BCUT2D eigenvalue weighted by atomic mass is 32.2. The predicted molar refractivity (Wildman–Crippen MR) is 73.6 cm³/mol. The normalized spacial score (nSPS) is 17.2. The molecule has 1 fully saturated rings. The van der Waals surface area contributed by atoms with Crippen molar-refractivity contribution in [1.82, 2.24) is 15.1 Å². The zero-order valence-electron chi connectivity index (χ0n) is 10.5. The lowest BCUT2D eigenvalue weighted by atomic mass is 10.3. The molecule has 0 saturated carbocycles. The summed E-state index contributed by atoms with van der Waals surface area (Å²) in [5.74, 6) is 4.23. The molecule has 0 unspecified atom stereocenters. The number of hydrogen-bond acceptors (Lipinski definition) is 4. The van der Waals surface area contributed by atoms with Crippen molar-refractivity contribution < 1.29 is 4.42 Å². The molecule has 0 aliphatic carbocycles. The minimum Gasteiger partial charge on any atom is -0.460 e. The molecule has 3 rings (SSSR count). The molecule has 2 aromatic heterocycles. The van der Waals surface area contributed by atoms with E-state index in [2.05, 4.69) is 21.2 Å². The molecule has 0 radical (unpaired) electrons. The largest absolute Gasteiger partial charge is 0.460 e. The third-order valence-corrected chi connectivity index (χ3v) is 4.06. The van der Waals surface area contributed by atoms with Gasteiger partial charge in [0.05, 0.1) is 0 Å². The lowest BCUT2D eigenvalue weighted by Gasteiger charge is -2.25. The second-order valence-electron chi connectivity index (χ2n) is 4.58. The van der Waals surface area contributed by atoms with Crippen molar-refractivity contribution >= 4 is 11.8 Å². The van der Waals surface area contributed by atoms with Crippen LogP contribution in [0.15, 0.2) is 22.6 Å². The third kappa shape index (κ3) is 2.62. The summed E-state index contributed by atoms with van der Waals surface area (Å²) in [6.07, 6.45) is 0. The number of aryl methyl sites for hydroxylation is 1. The topological polar surface area (TPSA) is 45.1 Å². The standard InChI is InChI=1S/C13H17N3OS/c1-10-2-3-13(17-10)12-8-11(14-15-12)9-16-4-6-18-7-5-16/h2-3,8H,4-7,9H2,1H3,(H,14,15). The van der Waals surface area contributed by atoms with Crippen LogP contribution >= 0.6 is 11.8 Å². The van der Waals surface area contributed by atoms with Crippen molar-refractivity contribution in [2.45, 2.75) is 13.5 Å². The lowest BCUT2D eigenvalue weighted by Crippen LogP contribution is -2.32. The first kappa shape index (κ1) is 11.9. The van der Waals surface area contributed by atoms with Gasteiger partial charge >= 0.3 is 0 Å². The number of furan rings is 1. The zero-order valence-corrected chi connectivity index (χ0v) is 11.3. The van der Waals surface area contributed by atoms with Gasteiger partial charge in [0.15, 0.2) is 5.76 Å². The molecule has 0 spiro atoms. The Bertz CT molecular complexity index is 514. The number of rotatable bonds is 3. The molecular weight excluding hydrogens is 246 g/mol. The Hall–Kier alpha value is -1.20. The van der Waals surface area contributed by atoms with Crippen LogP contribution in [0.4, 0.5) is 0 Å². The van der Waals surface area contributed by atoms with Crippen LogP contribution in [0.25, 0.3) is 11.5 Å². The molecule has 1 aliphatic rings. The minimum atomic E-state index is 0.837. The Morgan fingerprint density at radius 1 is 1.39 bits per heavy atom. The van der Waals surface area contributed by atoms with Gasteiger partial charge in [-0.1, -0.05) is 0 Å². The van der Waals surface area contributed by atoms with Gasteiger partial charge in [0, 0.05) is 36.8 Å². The number of thioether (sulfide) groups is 1. The highest BCUT2D eigenvalue weighted by Gasteiger charge is 2.13. The van der Waals surface area contributed by atoms with E-state index in [0.29, 0.717) is 0 Å².